The van der Waals surface area contributed by atoms with Crippen LogP contribution in [0.3, 0.4) is 0 Å². The zero-order valence-electron chi connectivity index (χ0n) is 11.4. The van der Waals surface area contributed by atoms with Gasteiger partial charge in [-0.15, -0.1) is 0 Å². The molecular weight excluding hydrogens is 236 g/mol. The zero-order chi connectivity index (χ0) is 13.2. The predicted molar refractivity (Wildman–Crippen MR) is 78.5 cm³/mol. The number of aromatic nitrogens is 1. The summed E-state index contributed by atoms with van der Waals surface area (Å²) in [6.45, 7) is 5.26. The molecule has 0 bridgehead atoms. The fraction of sp³-hybridized carbons (Fsp3) is 0.438. The van der Waals surface area contributed by atoms with Gasteiger partial charge in [-0.3, -0.25) is 9.69 Å². The van der Waals surface area contributed by atoms with Crippen LogP contribution in [0.2, 0.25) is 0 Å². The number of nitrogens with zero attached hydrogens (tertiary/aromatic N) is 2. The maximum absolute atomic E-state index is 12.5. The van der Waals surface area contributed by atoms with Gasteiger partial charge in [0, 0.05) is 24.2 Å². The van der Waals surface area contributed by atoms with Gasteiger partial charge in [0.2, 0.25) is 0 Å². The van der Waals surface area contributed by atoms with Gasteiger partial charge in [-0.25, -0.2) is 0 Å². The summed E-state index contributed by atoms with van der Waals surface area (Å²) < 4.78 is 1.88. The molecular formula is C16H20N2O. The maximum Gasteiger partial charge on any atom is 0.258 e. The molecule has 2 heterocycles. The number of rotatable bonds is 3. The zero-order valence-corrected chi connectivity index (χ0v) is 11.4. The highest BCUT2D eigenvalue weighted by Gasteiger charge is 2.23. The quantitative estimate of drug-likeness (QED) is 0.843. The molecule has 1 aliphatic rings. The summed E-state index contributed by atoms with van der Waals surface area (Å²) in [6, 6.07) is 10.4. The number of likely N-dealkylation sites (tertiary alicyclic amines) is 1. The number of likely N-dealkylation sites (N-methyl/N-ethyl adjacent to an activating group) is 1. The largest absolute Gasteiger partial charge is 0.313 e. The van der Waals surface area contributed by atoms with Gasteiger partial charge in [0.1, 0.15) is 0 Å². The molecule has 0 radical (unpaired) electrons. The summed E-state index contributed by atoms with van der Waals surface area (Å²) >= 11 is 0. The van der Waals surface area contributed by atoms with Crippen molar-refractivity contribution in [1.82, 2.24) is 9.47 Å². The first-order valence-electron chi connectivity index (χ1n) is 7.12. The molecule has 0 N–H and O–H groups in total. The second-order valence-corrected chi connectivity index (χ2v) is 5.29. The van der Waals surface area contributed by atoms with E-state index in [0.717, 1.165) is 23.9 Å². The predicted octanol–water partition coefficient (Wildman–Crippen LogP) is 2.49. The average Bonchev–Trinajstić information content (AvgIpc) is 2.89. The van der Waals surface area contributed by atoms with E-state index in [0.29, 0.717) is 6.04 Å². The fourth-order valence-electron chi connectivity index (χ4n) is 3.12. The first-order valence-corrected chi connectivity index (χ1v) is 7.12. The van der Waals surface area contributed by atoms with Crippen molar-refractivity contribution in [3.63, 3.8) is 0 Å². The molecule has 3 rings (SSSR count). The Morgan fingerprint density at radius 3 is 2.95 bits per heavy atom. The van der Waals surface area contributed by atoms with Crippen molar-refractivity contribution in [1.29, 1.82) is 0 Å². The number of benzene rings is 1. The highest BCUT2D eigenvalue weighted by molar-refractivity contribution is 5.81. The number of pyridine rings is 1. The van der Waals surface area contributed by atoms with Crippen molar-refractivity contribution in [2.24, 2.45) is 0 Å². The van der Waals surface area contributed by atoms with Crippen molar-refractivity contribution in [2.45, 2.75) is 32.4 Å². The van der Waals surface area contributed by atoms with Gasteiger partial charge in [0.15, 0.2) is 0 Å². The van der Waals surface area contributed by atoms with E-state index >= 15 is 0 Å². The molecule has 100 valence electrons. The third kappa shape index (κ3) is 2.30. The van der Waals surface area contributed by atoms with Crippen LogP contribution in [0.5, 0.6) is 0 Å². The Morgan fingerprint density at radius 2 is 2.11 bits per heavy atom. The minimum atomic E-state index is 0.140. The highest BCUT2D eigenvalue weighted by atomic mass is 16.1. The van der Waals surface area contributed by atoms with Gasteiger partial charge in [-0.05, 0) is 43.5 Å². The number of hydrogen-bond acceptors (Lipinski definition) is 2. The van der Waals surface area contributed by atoms with Crippen LogP contribution in [0.1, 0.15) is 19.8 Å². The van der Waals surface area contributed by atoms with E-state index < -0.39 is 0 Å². The Balaban J connectivity index is 1.93. The lowest BCUT2D eigenvalue weighted by Gasteiger charge is -2.23. The van der Waals surface area contributed by atoms with Crippen molar-refractivity contribution >= 4 is 10.8 Å². The topological polar surface area (TPSA) is 25.2 Å². The van der Waals surface area contributed by atoms with E-state index in [2.05, 4.69) is 11.8 Å². The molecule has 0 aliphatic carbocycles. The normalized spacial score (nSPS) is 20.2. The van der Waals surface area contributed by atoms with E-state index in [9.17, 15) is 4.79 Å². The lowest BCUT2D eigenvalue weighted by Crippen LogP contribution is -2.35. The molecule has 2 aromatic rings. The van der Waals surface area contributed by atoms with E-state index in [1.54, 1.807) is 0 Å². The van der Waals surface area contributed by atoms with Gasteiger partial charge in [-0.1, -0.05) is 25.1 Å². The Bertz CT molecular complexity index is 632. The van der Waals surface area contributed by atoms with Gasteiger partial charge in [-0.2, -0.15) is 0 Å². The van der Waals surface area contributed by atoms with E-state index in [4.69, 9.17) is 0 Å². The van der Waals surface area contributed by atoms with Crippen molar-refractivity contribution in [3.8, 4) is 0 Å². The average molecular weight is 256 g/mol. The maximum atomic E-state index is 12.5. The molecule has 19 heavy (non-hydrogen) atoms. The summed E-state index contributed by atoms with van der Waals surface area (Å²) in [5.74, 6) is 0. The lowest BCUT2D eigenvalue weighted by molar-refractivity contribution is 0.243. The minimum Gasteiger partial charge on any atom is -0.313 e. The van der Waals surface area contributed by atoms with Crippen LogP contribution in [-0.2, 0) is 6.54 Å². The molecule has 1 fully saturated rings. The second kappa shape index (κ2) is 5.17. The smallest absolute Gasteiger partial charge is 0.258 e. The summed E-state index contributed by atoms with van der Waals surface area (Å²) in [7, 11) is 0. The van der Waals surface area contributed by atoms with Crippen LogP contribution < -0.4 is 5.56 Å². The second-order valence-electron chi connectivity index (χ2n) is 5.29. The van der Waals surface area contributed by atoms with E-state index in [1.165, 1.54) is 19.4 Å². The summed E-state index contributed by atoms with van der Waals surface area (Å²) in [4.78, 5) is 14.9. The van der Waals surface area contributed by atoms with E-state index in [-0.39, 0.29) is 5.56 Å². The van der Waals surface area contributed by atoms with Crippen LogP contribution in [0.4, 0.5) is 0 Å². The molecule has 0 saturated carbocycles. The van der Waals surface area contributed by atoms with Crippen LogP contribution in [0, 0.1) is 0 Å². The standard InChI is InChI=1S/C16H20N2O/c1-2-17-10-5-7-14(17)12-18-11-9-13-6-3-4-8-15(13)16(18)19/h3-4,6,8-9,11,14H,2,5,7,10,12H2,1H3/t14-/m0/s1. The van der Waals surface area contributed by atoms with Crippen molar-refractivity contribution < 1.29 is 0 Å². The first kappa shape index (κ1) is 12.4. The van der Waals surface area contributed by atoms with Crippen molar-refractivity contribution in [2.75, 3.05) is 13.1 Å². The Kier molecular flexibility index (Phi) is 3.38. The van der Waals surface area contributed by atoms with Gasteiger partial charge in [0.25, 0.3) is 5.56 Å². The molecule has 3 heteroatoms. The summed E-state index contributed by atoms with van der Waals surface area (Å²) in [6.07, 6.45) is 4.39. The molecule has 1 atom stereocenters. The SMILES string of the molecule is CCN1CCC[C@H]1Cn1ccc2ccccc2c1=O. The highest BCUT2D eigenvalue weighted by Crippen LogP contribution is 2.18. The van der Waals surface area contributed by atoms with Gasteiger partial charge >= 0.3 is 0 Å². The van der Waals surface area contributed by atoms with Crippen molar-refractivity contribution in [3.05, 3.63) is 46.9 Å². The van der Waals surface area contributed by atoms with Crippen LogP contribution in [-0.4, -0.2) is 28.6 Å². The molecule has 0 amide bonds. The number of hydrogen-bond donors (Lipinski definition) is 0. The third-order valence-electron chi connectivity index (χ3n) is 4.20. The molecule has 1 aliphatic heterocycles. The summed E-state index contributed by atoms with van der Waals surface area (Å²) in [5.41, 5.74) is 0.140. The lowest BCUT2D eigenvalue weighted by atomic mass is 10.1. The number of fused-ring (bicyclic) bond motifs is 1. The molecule has 0 unspecified atom stereocenters. The Labute approximate surface area is 113 Å². The molecule has 1 saturated heterocycles. The Morgan fingerprint density at radius 1 is 1.26 bits per heavy atom. The van der Waals surface area contributed by atoms with Gasteiger partial charge in [0.05, 0.1) is 0 Å². The van der Waals surface area contributed by atoms with Gasteiger partial charge < -0.3 is 4.57 Å². The fourth-order valence-corrected chi connectivity index (χ4v) is 3.12. The molecule has 3 nitrogen and oxygen atoms in total. The molecule has 1 aromatic heterocycles. The first-order chi connectivity index (χ1) is 9.29. The molecule has 0 spiro atoms. The van der Waals surface area contributed by atoms with Crippen LogP contribution in [0.25, 0.3) is 10.8 Å². The van der Waals surface area contributed by atoms with Crippen LogP contribution >= 0.6 is 0 Å². The monoisotopic (exact) mass is 256 g/mol. The minimum absolute atomic E-state index is 0.140. The summed E-state index contributed by atoms with van der Waals surface area (Å²) in [5, 5.41) is 1.86. The van der Waals surface area contributed by atoms with E-state index in [1.807, 2.05) is 41.1 Å². The third-order valence-corrected chi connectivity index (χ3v) is 4.20. The van der Waals surface area contributed by atoms with Crippen LogP contribution in [0.15, 0.2) is 41.3 Å². The molecule has 1 aromatic carbocycles. The Hall–Kier alpha value is -1.61.